The molecule has 0 fully saturated rings. The number of sulfonamides is 1. The van der Waals surface area contributed by atoms with Crippen LogP contribution in [0, 0.1) is 10.1 Å². The van der Waals surface area contributed by atoms with Crippen LogP contribution in [0.3, 0.4) is 0 Å². The molecule has 1 amide bonds. The molecule has 0 radical (unpaired) electrons. The third-order valence-corrected chi connectivity index (χ3v) is 7.58. The second-order valence-electron chi connectivity index (χ2n) is 8.27. The summed E-state index contributed by atoms with van der Waals surface area (Å²) in [5, 5.41) is 17.3. The summed E-state index contributed by atoms with van der Waals surface area (Å²) in [6.45, 7) is 1.34. The highest BCUT2D eigenvalue weighted by molar-refractivity contribution is 7.89. The van der Waals surface area contributed by atoms with Gasteiger partial charge in [-0.3, -0.25) is 19.7 Å². The predicted octanol–water partition coefficient (Wildman–Crippen LogP) is 3.71. The van der Waals surface area contributed by atoms with E-state index in [0.717, 1.165) is 4.31 Å². The van der Waals surface area contributed by atoms with Crippen LogP contribution >= 0.6 is 0 Å². The van der Waals surface area contributed by atoms with Gasteiger partial charge in [-0.25, -0.2) is 8.42 Å². The summed E-state index contributed by atoms with van der Waals surface area (Å²) in [4.78, 5) is 35.5. The summed E-state index contributed by atoms with van der Waals surface area (Å²) >= 11 is 0. The molecule has 1 aliphatic heterocycles. The second kappa shape index (κ2) is 10.8. The lowest BCUT2D eigenvalue weighted by Crippen LogP contribution is -2.33. The number of hydrogen-bond donors (Lipinski definition) is 2. The molecule has 1 aliphatic rings. The van der Waals surface area contributed by atoms with E-state index in [1.807, 2.05) is 6.07 Å². The SMILES string of the molecule is CCOC(=O)CN(C)S(=O)(=O)c1ccc(NC(=C2C(=O)Nc3ccc([N+](=O)[O-])cc32)c2ccccc2)cc1. The molecule has 0 aliphatic carbocycles. The van der Waals surface area contributed by atoms with Crippen molar-refractivity contribution >= 4 is 50.2 Å². The van der Waals surface area contributed by atoms with Gasteiger partial charge in [0.1, 0.15) is 6.54 Å². The zero-order chi connectivity index (χ0) is 27.4. The largest absolute Gasteiger partial charge is 0.465 e. The number of likely N-dealkylation sites (N-methyl/N-ethyl adjacent to an activating group) is 1. The minimum Gasteiger partial charge on any atom is -0.465 e. The van der Waals surface area contributed by atoms with Crippen LogP contribution in [0.15, 0.2) is 77.7 Å². The van der Waals surface area contributed by atoms with Crippen molar-refractivity contribution < 1.29 is 27.7 Å². The highest BCUT2D eigenvalue weighted by atomic mass is 32.2. The quantitative estimate of drug-likeness (QED) is 0.182. The van der Waals surface area contributed by atoms with Gasteiger partial charge >= 0.3 is 5.97 Å². The van der Waals surface area contributed by atoms with Gasteiger partial charge in [-0.15, -0.1) is 0 Å². The van der Waals surface area contributed by atoms with Crippen molar-refractivity contribution in [3.8, 4) is 0 Å². The standard InChI is InChI=1S/C26H24N4O7S/c1-3-37-23(31)16-29(2)38(35,36)20-12-9-18(10-13-20)27-25(17-7-5-4-6-8-17)24-21-15-19(30(33)34)11-14-22(21)28-26(24)32/h4-15,27H,3,16H2,1-2H3,(H,28,32). The maximum atomic E-state index is 13.0. The number of hydrogen-bond acceptors (Lipinski definition) is 8. The summed E-state index contributed by atoms with van der Waals surface area (Å²) in [7, 11) is -2.68. The Balaban J connectivity index is 1.71. The number of nitrogens with one attached hydrogen (secondary N) is 2. The first-order chi connectivity index (χ1) is 18.1. The van der Waals surface area contributed by atoms with Gasteiger partial charge in [0.2, 0.25) is 10.0 Å². The molecule has 0 saturated carbocycles. The smallest absolute Gasteiger partial charge is 0.321 e. The van der Waals surface area contributed by atoms with Gasteiger partial charge in [0, 0.05) is 36.1 Å². The van der Waals surface area contributed by atoms with Crippen LogP contribution in [0.1, 0.15) is 18.1 Å². The van der Waals surface area contributed by atoms with Gasteiger partial charge in [0.05, 0.1) is 27.7 Å². The molecule has 0 atom stereocenters. The molecule has 0 bridgehead atoms. The van der Waals surface area contributed by atoms with Crippen LogP contribution in [0.25, 0.3) is 11.3 Å². The van der Waals surface area contributed by atoms with Crippen molar-refractivity contribution in [1.29, 1.82) is 0 Å². The summed E-state index contributed by atoms with van der Waals surface area (Å²) in [5.41, 5.74) is 2.36. The second-order valence-corrected chi connectivity index (χ2v) is 10.3. The Labute approximate surface area is 218 Å². The van der Waals surface area contributed by atoms with Gasteiger partial charge in [0.15, 0.2) is 0 Å². The van der Waals surface area contributed by atoms with E-state index in [2.05, 4.69) is 10.6 Å². The zero-order valence-corrected chi connectivity index (χ0v) is 21.3. The molecule has 11 nitrogen and oxygen atoms in total. The van der Waals surface area contributed by atoms with Gasteiger partial charge in [-0.2, -0.15) is 4.31 Å². The van der Waals surface area contributed by atoms with Gasteiger partial charge in [0.25, 0.3) is 11.6 Å². The molecule has 3 aromatic carbocycles. The number of benzene rings is 3. The fraction of sp³-hybridized carbons (Fsp3) is 0.154. The van der Waals surface area contributed by atoms with E-state index in [1.165, 1.54) is 49.5 Å². The van der Waals surface area contributed by atoms with Crippen LogP contribution in [0.5, 0.6) is 0 Å². The highest BCUT2D eigenvalue weighted by Crippen LogP contribution is 2.39. The predicted molar refractivity (Wildman–Crippen MR) is 141 cm³/mol. The first-order valence-corrected chi connectivity index (χ1v) is 12.9. The van der Waals surface area contributed by atoms with Crippen LogP contribution < -0.4 is 10.6 Å². The zero-order valence-electron chi connectivity index (χ0n) is 20.5. The molecule has 0 unspecified atom stereocenters. The van der Waals surface area contributed by atoms with Gasteiger partial charge in [-0.05, 0) is 42.8 Å². The summed E-state index contributed by atoms with van der Waals surface area (Å²) in [5.74, 6) is -1.10. The molecule has 3 aromatic rings. The Morgan fingerprint density at radius 2 is 1.76 bits per heavy atom. The molecular weight excluding hydrogens is 512 g/mol. The molecule has 1 heterocycles. The van der Waals surface area contributed by atoms with Gasteiger partial charge in [-0.1, -0.05) is 30.3 Å². The van der Waals surface area contributed by atoms with Crippen molar-refractivity contribution in [3.05, 3.63) is 94.0 Å². The number of nitro benzene ring substituents is 1. The Morgan fingerprint density at radius 1 is 1.08 bits per heavy atom. The van der Waals surface area contributed by atoms with Crippen molar-refractivity contribution in [2.75, 3.05) is 30.8 Å². The normalized spacial score (nSPS) is 14.0. The average Bonchev–Trinajstić information content (AvgIpc) is 3.22. The summed E-state index contributed by atoms with van der Waals surface area (Å²) < 4.78 is 31.5. The van der Waals surface area contributed by atoms with Crippen LogP contribution in [-0.4, -0.2) is 49.7 Å². The first kappa shape index (κ1) is 26.5. The topological polar surface area (TPSA) is 148 Å². The first-order valence-electron chi connectivity index (χ1n) is 11.5. The number of nitro groups is 1. The third kappa shape index (κ3) is 5.41. The number of amides is 1. The van der Waals surface area contributed by atoms with Crippen molar-refractivity contribution in [2.24, 2.45) is 0 Å². The Kier molecular flexibility index (Phi) is 7.55. The maximum Gasteiger partial charge on any atom is 0.321 e. The van der Waals surface area contributed by atoms with Crippen LogP contribution in [-0.2, 0) is 24.3 Å². The number of non-ortho nitro benzene ring substituents is 1. The van der Waals surface area contributed by atoms with Crippen molar-refractivity contribution in [1.82, 2.24) is 4.31 Å². The van der Waals surface area contributed by atoms with E-state index >= 15 is 0 Å². The third-order valence-electron chi connectivity index (χ3n) is 5.76. The lowest BCUT2D eigenvalue weighted by Gasteiger charge is -2.17. The number of nitrogens with zero attached hydrogens (tertiary/aromatic N) is 2. The minimum atomic E-state index is -3.96. The summed E-state index contributed by atoms with van der Waals surface area (Å²) in [6, 6.07) is 18.9. The van der Waals surface area contributed by atoms with Gasteiger partial charge < -0.3 is 15.4 Å². The molecule has 12 heteroatoms. The molecule has 0 spiro atoms. The average molecular weight is 537 g/mol. The minimum absolute atomic E-state index is 0.0386. The number of anilines is 2. The van der Waals surface area contributed by atoms with Crippen molar-refractivity contribution in [3.63, 3.8) is 0 Å². The van der Waals surface area contributed by atoms with Crippen LogP contribution in [0.4, 0.5) is 17.1 Å². The number of ether oxygens (including phenoxy) is 1. The number of carbonyl (C=O) groups is 2. The monoisotopic (exact) mass is 536 g/mol. The van der Waals surface area contributed by atoms with Crippen LogP contribution in [0.2, 0.25) is 0 Å². The Morgan fingerprint density at radius 3 is 2.39 bits per heavy atom. The lowest BCUT2D eigenvalue weighted by molar-refractivity contribution is -0.384. The Hall–Kier alpha value is -4.55. The fourth-order valence-corrected chi connectivity index (χ4v) is 5.02. The number of rotatable bonds is 9. The molecular formula is C26H24N4O7S. The molecule has 2 N–H and O–H groups in total. The van der Waals surface area contributed by atoms with E-state index in [0.29, 0.717) is 28.2 Å². The molecule has 4 rings (SSSR count). The summed E-state index contributed by atoms with van der Waals surface area (Å²) in [6.07, 6.45) is 0. The van der Waals surface area contributed by atoms with E-state index < -0.39 is 33.4 Å². The fourth-order valence-electron chi connectivity index (χ4n) is 3.91. The van der Waals surface area contributed by atoms with E-state index in [9.17, 15) is 28.1 Å². The molecule has 38 heavy (non-hydrogen) atoms. The molecule has 196 valence electrons. The number of esters is 1. The Bertz CT molecular complexity index is 1540. The maximum absolute atomic E-state index is 13.0. The van der Waals surface area contributed by atoms with E-state index in [4.69, 9.17) is 4.74 Å². The number of carbonyl (C=O) groups excluding carboxylic acids is 2. The highest BCUT2D eigenvalue weighted by Gasteiger charge is 2.30. The van der Waals surface area contributed by atoms with E-state index in [1.54, 1.807) is 31.2 Å². The molecule has 0 saturated heterocycles. The van der Waals surface area contributed by atoms with E-state index in [-0.39, 0.29) is 22.8 Å². The van der Waals surface area contributed by atoms with Crippen molar-refractivity contribution in [2.45, 2.75) is 11.8 Å². The molecule has 0 aromatic heterocycles. The number of fused-ring (bicyclic) bond motifs is 1. The lowest BCUT2D eigenvalue weighted by atomic mass is 9.99.